The largest absolute Gasteiger partial charge is 0.490 e. The third-order valence-corrected chi connectivity index (χ3v) is 8.65. The molecule has 120 valence electrons. The molecule has 0 saturated carbocycles. The lowest BCUT2D eigenvalue weighted by molar-refractivity contribution is 0.203. The van der Waals surface area contributed by atoms with Gasteiger partial charge in [-0.25, -0.2) is 9.97 Å². The first kappa shape index (κ1) is 16.7. The summed E-state index contributed by atoms with van der Waals surface area (Å²) in [5, 5.41) is 0.223. The molecule has 22 heavy (non-hydrogen) atoms. The maximum atomic E-state index is 6.08. The summed E-state index contributed by atoms with van der Waals surface area (Å²) in [5.74, 6) is 1.57. The molecule has 0 bridgehead atoms. The minimum Gasteiger partial charge on any atom is -0.490 e. The molecule has 0 aliphatic carbocycles. The molecule has 0 fully saturated rings. The second-order valence-electron chi connectivity index (χ2n) is 6.78. The number of aromatic nitrogens is 3. The standard InChI is InChI=1S/C16H25N3O2Si/c1-16(2,3)22(4,5)21-11-10-20-14-6-7-15(18-12-14)19-9-8-17-13-19/h6-9,12-13H,10-11H2,1-5H3. The lowest BCUT2D eigenvalue weighted by atomic mass is 10.2. The van der Waals surface area contributed by atoms with Crippen molar-refractivity contribution in [1.29, 1.82) is 0 Å². The van der Waals surface area contributed by atoms with Crippen LogP contribution >= 0.6 is 0 Å². The summed E-state index contributed by atoms with van der Waals surface area (Å²) in [5.41, 5.74) is 0. The van der Waals surface area contributed by atoms with Crippen LogP contribution in [0.2, 0.25) is 18.1 Å². The van der Waals surface area contributed by atoms with Crippen molar-refractivity contribution in [3.63, 3.8) is 0 Å². The molecule has 2 aromatic heterocycles. The lowest BCUT2D eigenvalue weighted by Crippen LogP contribution is -2.41. The number of hydrogen-bond donors (Lipinski definition) is 0. The summed E-state index contributed by atoms with van der Waals surface area (Å²) in [6, 6.07) is 3.82. The van der Waals surface area contributed by atoms with Gasteiger partial charge in [0.15, 0.2) is 8.32 Å². The van der Waals surface area contributed by atoms with E-state index >= 15 is 0 Å². The van der Waals surface area contributed by atoms with Gasteiger partial charge < -0.3 is 9.16 Å². The van der Waals surface area contributed by atoms with Crippen LogP contribution in [0.5, 0.6) is 5.75 Å². The average molecular weight is 319 g/mol. The van der Waals surface area contributed by atoms with Gasteiger partial charge in [0.25, 0.3) is 0 Å². The summed E-state index contributed by atoms with van der Waals surface area (Å²) in [4.78, 5) is 8.36. The number of nitrogens with zero attached hydrogens (tertiary/aromatic N) is 3. The zero-order valence-corrected chi connectivity index (χ0v) is 15.0. The maximum absolute atomic E-state index is 6.08. The molecule has 0 N–H and O–H groups in total. The van der Waals surface area contributed by atoms with Gasteiger partial charge in [-0.15, -0.1) is 0 Å². The first-order chi connectivity index (χ1) is 10.3. The topological polar surface area (TPSA) is 49.2 Å². The molecule has 2 rings (SSSR count). The molecule has 0 amide bonds. The van der Waals surface area contributed by atoms with Crippen molar-refractivity contribution in [2.24, 2.45) is 0 Å². The van der Waals surface area contributed by atoms with E-state index in [0.29, 0.717) is 13.2 Å². The minimum atomic E-state index is -1.69. The monoisotopic (exact) mass is 319 g/mol. The van der Waals surface area contributed by atoms with Gasteiger partial charge in [0, 0.05) is 12.4 Å². The van der Waals surface area contributed by atoms with E-state index < -0.39 is 8.32 Å². The highest BCUT2D eigenvalue weighted by atomic mass is 28.4. The zero-order chi connectivity index (χ0) is 16.2. The Labute approximate surface area is 133 Å². The Balaban J connectivity index is 1.81. The van der Waals surface area contributed by atoms with Crippen LogP contribution in [0.3, 0.4) is 0 Å². The van der Waals surface area contributed by atoms with Crippen LogP contribution < -0.4 is 4.74 Å². The van der Waals surface area contributed by atoms with Gasteiger partial charge in [-0.2, -0.15) is 0 Å². The Kier molecular flexibility index (Phi) is 5.03. The predicted octanol–water partition coefficient (Wildman–Crippen LogP) is 3.67. The number of pyridine rings is 1. The Hall–Kier alpha value is -1.66. The number of ether oxygens (including phenoxy) is 1. The highest BCUT2D eigenvalue weighted by molar-refractivity contribution is 6.74. The van der Waals surface area contributed by atoms with Crippen LogP contribution in [0, 0.1) is 0 Å². The molecule has 2 aromatic rings. The van der Waals surface area contributed by atoms with Crippen LogP contribution in [0.1, 0.15) is 20.8 Å². The van der Waals surface area contributed by atoms with Gasteiger partial charge >= 0.3 is 0 Å². The fourth-order valence-electron chi connectivity index (χ4n) is 1.68. The summed E-state index contributed by atoms with van der Waals surface area (Å²) in [6.07, 6.45) is 7.03. The molecule has 0 aliphatic heterocycles. The third-order valence-electron chi connectivity index (χ3n) is 4.11. The van der Waals surface area contributed by atoms with E-state index in [9.17, 15) is 0 Å². The Bertz CT molecular complexity index is 574. The van der Waals surface area contributed by atoms with Crippen molar-refractivity contribution in [2.75, 3.05) is 13.2 Å². The number of hydrogen-bond acceptors (Lipinski definition) is 4. The Morgan fingerprint density at radius 3 is 2.50 bits per heavy atom. The van der Waals surface area contributed by atoms with E-state index in [4.69, 9.17) is 9.16 Å². The van der Waals surface area contributed by atoms with Gasteiger partial charge in [0.2, 0.25) is 0 Å². The Morgan fingerprint density at radius 1 is 1.18 bits per heavy atom. The molecule has 0 aliphatic rings. The molecule has 0 unspecified atom stereocenters. The first-order valence-corrected chi connectivity index (χ1v) is 10.4. The summed E-state index contributed by atoms with van der Waals surface area (Å²) >= 11 is 0. The van der Waals surface area contributed by atoms with E-state index in [1.54, 1.807) is 18.7 Å². The molecule has 0 aromatic carbocycles. The molecule has 0 atom stereocenters. The van der Waals surface area contributed by atoms with Gasteiger partial charge in [-0.1, -0.05) is 20.8 Å². The Morgan fingerprint density at radius 2 is 1.95 bits per heavy atom. The SMILES string of the molecule is CC(C)(C)[Si](C)(C)OCCOc1ccc(-n2ccnc2)nc1. The molecule has 5 nitrogen and oxygen atoms in total. The second kappa shape index (κ2) is 6.62. The minimum absolute atomic E-state index is 0.223. The maximum Gasteiger partial charge on any atom is 0.192 e. The van der Waals surface area contributed by atoms with Gasteiger partial charge in [0.1, 0.15) is 24.5 Å². The molecule has 0 spiro atoms. The number of rotatable bonds is 6. The van der Waals surface area contributed by atoms with Crippen molar-refractivity contribution in [3.05, 3.63) is 37.1 Å². The predicted molar refractivity (Wildman–Crippen MR) is 90.0 cm³/mol. The molecular weight excluding hydrogens is 294 g/mol. The van der Waals surface area contributed by atoms with Crippen molar-refractivity contribution >= 4 is 8.32 Å². The smallest absolute Gasteiger partial charge is 0.192 e. The van der Waals surface area contributed by atoms with E-state index in [1.807, 2.05) is 22.9 Å². The zero-order valence-electron chi connectivity index (χ0n) is 14.0. The molecule has 0 radical (unpaired) electrons. The molecule has 0 saturated heterocycles. The van der Waals surface area contributed by atoms with Crippen LogP contribution in [-0.2, 0) is 4.43 Å². The van der Waals surface area contributed by atoms with Gasteiger partial charge in [-0.05, 0) is 30.3 Å². The van der Waals surface area contributed by atoms with Crippen LogP contribution in [0.4, 0.5) is 0 Å². The van der Waals surface area contributed by atoms with E-state index in [0.717, 1.165) is 11.6 Å². The van der Waals surface area contributed by atoms with Crippen LogP contribution in [-0.4, -0.2) is 36.1 Å². The molecule has 2 heterocycles. The van der Waals surface area contributed by atoms with Gasteiger partial charge in [0.05, 0.1) is 12.8 Å². The lowest BCUT2D eigenvalue weighted by Gasteiger charge is -2.36. The highest BCUT2D eigenvalue weighted by Crippen LogP contribution is 2.36. The first-order valence-electron chi connectivity index (χ1n) is 7.51. The summed E-state index contributed by atoms with van der Waals surface area (Å²) in [7, 11) is -1.69. The summed E-state index contributed by atoms with van der Waals surface area (Å²) in [6.45, 7) is 12.3. The average Bonchev–Trinajstić information content (AvgIpc) is 2.97. The van der Waals surface area contributed by atoms with Crippen LogP contribution in [0.25, 0.3) is 5.82 Å². The van der Waals surface area contributed by atoms with E-state index in [2.05, 4.69) is 43.8 Å². The summed E-state index contributed by atoms with van der Waals surface area (Å²) < 4.78 is 13.6. The quantitative estimate of drug-likeness (QED) is 0.602. The van der Waals surface area contributed by atoms with Crippen molar-refractivity contribution in [3.8, 4) is 11.6 Å². The molecular formula is C16H25N3O2Si. The second-order valence-corrected chi connectivity index (χ2v) is 11.6. The fourth-order valence-corrected chi connectivity index (χ4v) is 2.70. The van der Waals surface area contributed by atoms with Crippen LogP contribution in [0.15, 0.2) is 37.1 Å². The van der Waals surface area contributed by atoms with E-state index in [-0.39, 0.29) is 5.04 Å². The van der Waals surface area contributed by atoms with Crippen molar-refractivity contribution in [2.45, 2.75) is 38.9 Å². The highest BCUT2D eigenvalue weighted by Gasteiger charge is 2.36. The normalized spacial score (nSPS) is 12.4. The number of imidazole rings is 1. The molecule has 6 heteroatoms. The third kappa shape index (κ3) is 4.17. The fraction of sp³-hybridized carbons (Fsp3) is 0.500. The van der Waals surface area contributed by atoms with E-state index in [1.165, 1.54) is 0 Å². The van der Waals surface area contributed by atoms with Crippen molar-refractivity contribution < 1.29 is 9.16 Å². The van der Waals surface area contributed by atoms with Crippen molar-refractivity contribution in [1.82, 2.24) is 14.5 Å². The van der Waals surface area contributed by atoms with Gasteiger partial charge in [-0.3, -0.25) is 4.57 Å².